The normalized spacial score (nSPS) is 17.4. The van der Waals surface area contributed by atoms with Gasteiger partial charge in [-0.3, -0.25) is 4.79 Å². The molecule has 1 aromatic carbocycles. The number of halogens is 2. The molecule has 20 heavy (non-hydrogen) atoms. The third-order valence-electron chi connectivity index (χ3n) is 3.89. The average molecular weight is 314 g/mol. The Morgan fingerprint density at radius 2 is 1.95 bits per heavy atom. The summed E-state index contributed by atoms with van der Waals surface area (Å²) in [6.07, 6.45) is 4.45. The number of hydrogen-bond acceptors (Lipinski definition) is 2. The lowest BCUT2D eigenvalue weighted by Gasteiger charge is -2.22. The van der Waals surface area contributed by atoms with E-state index in [1.165, 1.54) is 12.8 Å². The van der Waals surface area contributed by atoms with Gasteiger partial charge in [0, 0.05) is 18.0 Å². The highest BCUT2D eigenvalue weighted by Gasteiger charge is 2.24. The smallest absolute Gasteiger partial charge is 0.167 e. The van der Waals surface area contributed by atoms with Gasteiger partial charge in [0.25, 0.3) is 0 Å². The summed E-state index contributed by atoms with van der Waals surface area (Å²) in [7, 11) is 0. The van der Waals surface area contributed by atoms with Crippen molar-refractivity contribution in [3.05, 3.63) is 33.8 Å². The topological polar surface area (TPSA) is 20.3 Å². The van der Waals surface area contributed by atoms with Crippen LogP contribution in [0.1, 0.15) is 43.0 Å². The minimum absolute atomic E-state index is 0.0651. The van der Waals surface area contributed by atoms with E-state index in [2.05, 4.69) is 11.8 Å². The van der Waals surface area contributed by atoms with Crippen LogP contribution in [0.4, 0.5) is 0 Å². The SMILES string of the molecule is CCCC(CN1CCCC1)C(=O)c1ccc(Cl)c(Cl)c1. The number of likely N-dealkylation sites (tertiary alicyclic amines) is 1. The second kappa shape index (κ2) is 7.44. The molecular weight excluding hydrogens is 293 g/mol. The Morgan fingerprint density at radius 3 is 2.55 bits per heavy atom. The van der Waals surface area contributed by atoms with Crippen LogP contribution in [0, 0.1) is 5.92 Å². The summed E-state index contributed by atoms with van der Waals surface area (Å²) in [5.74, 6) is 0.257. The molecule has 1 heterocycles. The van der Waals surface area contributed by atoms with Gasteiger partial charge in [-0.15, -0.1) is 0 Å². The Morgan fingerprint density at radius 1 is 1.25 bits per heavy atom. The zero-order chi connectivity index (χ0) is 14.5. The van der Waals surface area contributed by atoms with Crippen molar-refractivity contribution in [1.29, 1.82) is 0 Å². The highest BCUT2D eigenvalue weighted by atomic mass is 35.5. The molecule has 4 heteroatoms. The molecule has 1 fully saturated rings. The van der Waals surface area contributed by atoms with E-state index in [4.69, 9.17) is 23.2 Å². The van der Waals surface area contributed by atoms with E-state index in [9.17, 15) is 4.79 Å². The van der Waals surface area contributed by atoms with Gasteiger partial charge in [0.15, 0.2) is 5.78 Å². The van der Waals surface area contributed by atoms with Crippen molar-refractivity contribution >= 4 is 29.0 Å². The molecule has 1 saturated heterocycles. The zero-order valence-electron chi connectivity index (χ0n) is 11.9. The predicted octanol–water partition coefficient (Wildman–Crippen LogP) is 4.69. The van der Waals surface area contributed by atoms with Crippen molar-refractivity contribution in [3.63, 3.8) is 0 Å². The van der Waals surface area contributed by atoms with Crippen LogP contribution in [-0.2, 0) is 0 Å². The van der Waals surface area contributed by atoms with Crippen LogP contribution < -0.4 is 0 Å². The van der Waals surface area contributed by atoms with E-state index < -0.39 is 0 Å². The average Bonchev–Trinajstić information content (AvgIpc) is 2.93. The fourth-order valence-corrected chi connectivity index (χ4v) is 3.11. The van der Waals surface area contributed by atoms with Crippen LogP contribution in [0.15, 0.2) is 18.2 Å². The number of Topliss-reactive ketones (excluding diaryl/α,β-unsaturated/α-hetero) is 1. The number of carbonyl (C=O) groups excluding carboxylic acids is 1. The Hall–Kier alpha value is -0.570. The summed E-state index contributed by atoms with van der Waals surface area (Å²) >= 11 is 11.9. The van der Waals surface area contributed by atoms with E-state index in [-0.39, 0.29) is 11.7 Å². The van der Waals surface area contributed by atoms with Crippen LogP contribution in [0.2, 0.25) is 10.0 Å². The summed E-state index contributed by atoms with van der Waals surface area (Å²) in [6, 6.07) is 5.18. The van der Waals surface area contributed by atoms with E-state index in [1.807, 2.05) is 0 Å². The number of benzene rings is 1. The number of nitrogens with zero attached hydrogens (tertiary/aromatic N) is 1. The predicted molar refractivity (Wildman–Crippen MR) is 84.9 cm³/mol. The van der Waals surface area contributed by atoms with Crippen LogP contribution in [0.25, 0.3) is 0 Å². The monoisotopic (exact) mass is 313 g/mol. The molecule has 0 bridgehead atoms. The molecular formula is C16H21Cl2NO. The first kappa shape index (κ1) is 15.8. The van der Waals surface area contributed by atoms with Crippen molar-refractivity contribution in [1.82, 2.24) is 4.90 Å². The summed E-state index contributed by atoms with van der Waals surface area (Å²) in [5, 5.41) is 0.948. The zero-order valence-corrected chi connectivity index (χ0v) is 13.4. The summed E-state index contributed by atoms with van der Waals surface area (Å²) in [6.45, 7) is 5.23. The fourth-order valence-electron chi connectivity index (χ4n) is 2.82. The largest absolute Gasteiger partial charge is 0.303 e. The lowest BCUT2D eigenvalue weighted by molar-refractivity contribution is 0.0880. The Kier molecular flexibility index (Phi) is 5.88. The highest BCUT2D eigenvalue weighted by molar-refractivity contribution is 6.42. The van der Waals surface area contributed by atoms with Gasteiger partial charge in [-0.1, -0.05) is 36.5 Å². The van der Waals surface area contributed by atoms with Gasteiger partial charge in [-0.25, -0.2) is 0 Å². The third kappa shape index (κ3) is 3.97. The van der Waals surface area contributed by atoms with Gasteiger partial charge in [-0.05, 0) is 50.6 Å². The molecule has 0 radical (unpaired) electrons. The maximum Gasteiger partial charge on any atom is 0.167 e. The van der Waals surface area contributed by atoms with Gasteiger partial charge < -0.3 is 4.90 Å². The number of ketones is 1. The van der Waals surface area contributed by atoms with Crippen LogP contribution in [0.3, 0.4) is 0 Å². The Bertz CT molecular complexity index is 470. The molecule has 1 aliphatic rings. The molecule has 1 aromatic rings. The summed E-state index contributed by atoms with van der Waals surface area (Å²) < 4.78 is 0. The summed E-state index contributed by atoms with van der Waals surface area (Å²) in [5.41, 5.74) is 0.678. The quantitative estimate of drug-likeness (QED) is 0.710. The molecule has 0 saturated carbocycles. The molecule has 0 aliphatic carbocycles. The number of rotatable bonds is 6. The van der Waals surface area contributed by atoms with Gasteiger partial charge in [0.1, 0.15) is 0 Å². The first-order chi connectivity index (χ1) is 9.61. The summed E-state index contributed by atoms with van der Waals surface area (Å²) in [4.78, 5) is 15.1. The van der Waals surface area contributed by atoms with Gasteiger partial charge in [0.2, 0.25) is 0 Å². The lowest BCUT2D eigenvalue weighted by Crippen LogP contribution is -2.31. The van der Waals surface area contributed by atoms with E-state index >= 15 is 0 Å². The molecule has 2 rings (SSSR count). The van der Waals surface area contributed by atoms with Crippen LogP contribution >= 0.6 is 23.2 Å². The molecule has 2 nitrogen and oxygen atoms in total. The second-order valence-corrected chi connectivity index (χ2v) is 6.30. The molecule has 110 valence electrons. The lowest BCUT2D eigenvalue weighted by atomic mass is 9.93. The number of carbonyl (C=O) groups is 1. The van der Waals surface area contributed by atoms with Crippen molar-refractivity contribution in [2.24, 2.45) is 5.92 Å². The van der Waals surface area contributed by atoms with Gasteiger partial charge in [-0.2, -0.15) is 0 Å². The first-order valence-corrected chi connectivity index (χ1v) is 8.09. The second-order valence-electron chi connectivity index (χ2n) is 5.49. The van der Waals surface area contributed by atoms with Crippen molar-refractivity contribution in [2.75, 3.05) is 19.6 Å². The Balaban J connectivity index is 2.10. The van der Waals surface area contributed by atoms with Crippen molar-refractivity contribution in [2.45, 2.75) is 32.6 Å². The highest BCUT2D eigenvalue weighted by Crippen LogP contribution is 2.25. The standard InChI is InChI=1S/C16H21Cl2NO/c1-2-5-13(11-19-8-3-4-9-19)16(20)12-6-7-14(17)15(18)10-12/h6-7,10,13H,2-5,8-9,11H2,1H3. The van der Waals surface area contributed by atoms with Crippen molar-refractivity contribution in [3.8, 4) is 0 Å². The third-order valence-corrected chi connectivity index (χ3v) is 4.63. The molecule has 0 N–H and O–H groups in total. The minimum Gasteiger partial charge on any atom is -0.303 e. The molecule has 0 aromatic heterocycles. The van der Waals surface area contributed by atoms with Crippen LogP contribution in [0.5, 0.6) is 0 Å². The molecule has 0 spiro atoms. The van der Waals surface area contributed by atoms with E-state index in [0.29, 0.717) is 15.6 Å². The first-order valence-electron chi connectivity index (χ1n) is 7.33. The van der Waals surface area contributed by atoms with Crippen LogP contribution in [-0.4, -0.2) is 30.3 Å². The van der Waals surface area contributed by atoms with Crippen molar-refractivity contribution < 1.29 is 4.79 Å². The number of hydrogen-bond donors (Lipinski definition) is 0. The maximum atomic E-state index is 12.7. The Labute approximate surface area is 131 Å². The molecule has 1 aliphatic heterocycles. The van der Waals surface area contributed by atoms with E-state index in [0.717, 1.165) is 32.5 Å². The van der Waals surface area contributed by atoms with Gasteiger partial charge in [0.05, 0.1) is 10.0 Å². The molecule has 1 unspecified atom stereocenters. The molecule has 0 amide bonds. The van der Waals surface area contributed by atoms with E-state index in [1.54, 1.807) is 18.2 Å². The maximum absolute atomic E-state index is 12.7. The minimum atomic E-state index is 0.0651. The fraction of sp³-hybridized carbons (Fsp3) is 0.562. The van der Waals surface area contributed by atoms with Gasteiger partial charge >= 0.3 is 0 Å². The molecule has 1 atom stereocenters.